The van der Waals surface area contributed by atoms with Gasteiger partial charge in [-0.15, -0.1) is 0 Å². The smallest absolute Gasteiger partial charge is 0.336 e. The van der Waals surface area contributed by atoms with Crippen LogP contribution >= 0.6 is 0 Å². The van der Waals surface area contributed by atoms with Crippen LogP contribution in [-0.2, 0) is 20.7 Å². The molecule has 0 radical (unpaired) electrons. The first-order valence-electron chi connectivity index (χ1n) is 8.96. The van der Waals surface area contributed by atoms with Gasteiger partial charge in [-0.05, 0) is 65.2 Å². The molecule has 0 spiro atoms. The molecule has 2 aromatic rings. The summed E-state index contributed by atoms with van der Waals surface area (Å²) in [6.45, 7) is 10.6. The van der Waals surface area contributed by atoms with Gasteiger partial charge >= 0.3 is 17.6 Å². The fourth-order valence-electron chi connectivity index (χ4n) is 2.49. The monoisotopic (exact) mass is 374 g/mol. The van der Waals surface area contributed by atoms with Crippen molar-refractivity contribution in [1.29, 1.82) is 0 Å². The summed E-state index contributed by atoms with van der Waals surface area (Å²) in [7, 11) is 0. The summed E-state index contributed by atoms with van der Waals surface area (Å²) < 4.78 is 16.0. The molecule has 6 heteroatoms. The number of fused-ring (bicyclic) bond motifs is 1. The zero-order valence-corrected chi connectivity index (χ0v) is 16.7. The number of carbonyl (C=O) groups excluding carboxylic acids is 2. The number of hydrogen-bond acceptors (Lipinski definition) is 6. The highest BCUT2D eigenvalue weighted by molar-refractivity contribution is 5.85. The summed E-state index contributed by atoms with van der Waals surface area (Å²) >= 11 is 0. The maximum atomic E-state index is 12.3. The predicted octanol–water partition coefficient (Wildman–Crippen LogP) is 3.94. The van der Waals surface area contributed by atoms with E-state index in [4.69, 9.17) is 13.9 Å². The first kappa shape index (κ1) is 20.7. The van der Waals surface area contributed by atoms with E-state index in [1.54, 1.807) is 47.6 Å². The fourth-order valence-corrected chi connectivity index (χ4v) is 2.49. The Morgan fingerprint density at radius 3 is 2.41 bits per heavy atom. The van der Waals surface area contributed by atoms with Crippen molar-refractivity contribution in [3.8, 4) is 5.75 Å². The molecule has 0 aliphatic rings. The van der Waals surface area contributed by atoms with Gasteiger partial charge in [0.15, 0.2) is 0 Å². The van der Waals surface area contributed by atoms with Crippen LogP contribution in [0.1, 0.15) is 52.2 Å². The summed E-state index contributed by atoms with van der Waals surface area (Å²) in [5.74, 6) is -0.453. The molecule has 0 fully saturated rings. The van der Waals surface area contributed by atoms with Crippen LogP contribution in [0.3, 0.4) is 0 Å². The van der Waals surface area contributed by atoms with Gasteiger partial charge in [0.2, 0.25) is 0 Å². The van der Waals surface area contributed by atoms with Gasteiger partial charge in [0, 0.05) is 23.9 Å². The van der Waals surface area contributed by atoms with Gasteiger partial charge in [-0.1, -0.05) is 0 Å². The van der Waals surface area contributed by atoms with Crippen molar-refractivity contribution in [2.24, 2.45) is 5.41 Å². The summed E-state index contributed by atoms with van der Waals surface area (Å²) in [5, 5.41) is 0.734. The molecule has 0 atom stereocenters. The van der Waals surface area contributed by atoms with E-state index in [-0.39, 0.29) is 24.2 Å². The molecule has 1 heterocycles. The maximum absolute atomic E-state index is 12.3. The van der Waals surface area contributed by atoms with Crippen LogP contribution in [0.2, 0.25) is 0 Å². The van der Waals surface area contributed by atoms with Crippen molar-refractivity contribution < 1.29 is 23.5 Å². The molecule has 0 aliphatic carbocycles. The lowest BCUT2D eigenvalue weighted by Gasteiger charge is -2.18. The highest BCUT2D eigenvalue weighted by Crippen LogP contribution is 2.30. The van der Waals surface area contributed by atoms with Crippen LogP contribution in [0.4, 0.5) is 0 Å². The Morgan fingerprint density at radius 1 is 1.15 bits per heavy atom. The molecule has 1 aromatic carbocycles. The average molecular weight is 374 g/mol. The SMILES string of the molecule is Cc1cc(=O)oc2cc(OC(=O)C(C)(C)C)c(CCC(=O)OC(C)C)cc12. The number of esters is 2. The second-order valence-electron chi connectivity index (χ2n) is 7.88. The Balaban J connectivity index is 2.44. The Hall–Kier alpha value is -2.63. The molecule has 0 aliphatic heterocycles. The van der Waals surface area contributed by atoms with Gasteiger partial charge in [-0.25, -0.2) is 4.79 Å². The Kier molecular flexibility index (Phi) is 6.08. The van der Waals surface area contributed by atoms with Crippen LogP contribution < -0.4 is 10.4 Å². The lowest BCUT2D eigenvalue weighted by atomic mass is 9.97. The van der Waals surface area contributed by atoms with Gasteiger partial charge in [0.25, 0.3) is 0 Å². The number of benzene rings is 1. The fraction of sp³-hybridized carbons (Fsp3) is 0.476. The molecule has 2 rings (SSSR count). The van der Waals surface area contributed by atoms with Crippen LogP contribution in [-0.4, -0.2) is 18.0 Å². The highest BCUT2D eigenvalue weighted by atomic mass is 16.5. The van der Waals surface area contributed by atoms with Gasteiger partial charge in [-0.3, -0.25) is 9.59 Å². The summed E-state index contributed by atoms with van der Waals surface area (Å²) in [5.41, 5.74) is 0.598. The average Bonchev–Trinajstić information content (AvgIpc) is 2.51. The number of rotatable bonds is 5. The standard InChI is InChI=1S/C21H26O6/c1-12(2)25-18(22)8-7-14-10-15-13(3)9-19(23)26-17(15)11-16(14)27-20(24)21(4,5)6/h9-12H,7-8H2,1-6H3. The Morgan fingerprint density at radius 2 is 1.81 bits per heavy atom. The zero-order valence-electron chi connectivity index (χ0n) is 16.7. The van der Waals surface area contributed by atoms with Crippen molar-refractivity contribution in [2.75, 3.05) is 0 Å². The summed E-state index contributed by atoms with van der Waals surface area (Å²) in [4.78, 5) is 35.9. The van der Waals surface area contributed by atoms with Crippen LogP contribution in [0.15, 0.2) is 27.4 Å². The second kappa shape index (κ2) is 7.94. The predicted molar refractivity (Wildman–Crippen MR) is 102 cm³/mol. The molecule has 0 amide bonds. The second-order valence-corrected chi connectivity index (χ2v) is 7.88. The topological polar surface area (TPSA) is 82.8 Å². The minimum atomic E-state index is -0.698. The van der Waals surface area contributed by atoms with E-state index >= 15 is 0 Å². The molecule has 1 aromatic heterocycles. The third-order valence-corrected chi connectivity index (χ3v) is 3.91. The first-order chi connectivity index (χ1) is 12.5. The highest BCUT2D eigenvalue weighted by Gasteiger charge is 2.25. The Labute approximate surface area is 158 Å². The van der Waals surface area contributed by atoms with Crippen molar-refractivity contribution in [3.63, 3.8) is 0 Å². The summed E-state index contributed by atoms with van der Waals surface area (Å²) in [6, 6.07) is 4.73. The van der Waals surface area contributed by atoms with E-state index < -0.39 is 17.0 Å². The van der Waals surface area contributed by atoms with Crippen LogP contribution in [0.5, 0.6) is 5.75 Å². The minimum absolute atomic E-state index is 0.152. The maximum Gasteiger partial charge on any atom is 0.336 e. The zero-order chi connectivity index (χ0) is 20.4. The van der Waals surface area contributed by atoms with Gasteiger partial charge in [-0.2, -0.15) is 0 Å². The molecule has 27 heavy (non-hydrogen) atoms. The molecule has 6 nitrogen and oxygen atoms in total. The molecular formula is C21H26O6. The first-order valence-corrected chi connectivity index (χ1v) is 8.96. The molecule has 0 saturated carbocycles. The molecule has 0 N–H and O–H groups in total. The molecule has 0 unspecified atom stereocenters. The third-order valence-electron chi connectivity index (χ3n) is 3.91. The molecular weight excluding hydrogens is 348 g/mol. The van der Waals surface area contributed by atoms with Crippen LogP contribution in [0.25, 0.3) is 11.0 Å². The molecule has 146 valence electrons. The molecule has 0 saturated heterocycles. The van der Waals surface area contributed by atoms with E-state index in [0.29, 0.717) is 17.6 Å². The molecule has 0 bridgehead atoms. The number of aryl methyl sites for hydroxylation is 2. The number of carbonyl (C=O) groups is 2. The van der Waals surface area contributed by atoms with Gasteiger partial charge in [0.05, 0.1) is 11.5 Å². The lowest BCUT2D eigenvalue weighted by molar-refractivity contribution is -0.147. The number of ether oxygens (including phenoxy) is 2. The van der Waals surface area contributed by atoms with Crippen molar-refractivity contribution in [2.45, 2.75) is 60.5 Å². The largest absolute Gasteiger partial charge is 0.463 e. The minimum Gasteiger partial charge on any atom is -0.463 e. The van der Waals surface area contributed by atoms with Crippen molar-refractivity contribution in [1.82, 2.24) is 0 Å². The van der Waals surface area contributed by atoms with Gasteiger partial charge < -0.3 is 13.9 Å². The van der Waals surface area contributed by atoms with Crippen molar-refractivity contribution >= 4 is 22.9 Å². The normalized spacial score (nSPS) is 11.7. The third kappa shape index (κ3) is 5.42. The van der Waals surface area contributed by atoms with Crippen LogP contribution in [0, 0.1) is 12.3 Å². The van der Waals surface area contributed by atoms with E-state index in [2.05, 4.69) is 0 Å². The van der Waals surface area contributed by atoms with E-state index in [9.17, 15) is 14.4 Å². The van der Waals surface area contributed by atoms with Gasteiger partial charge in [0.1, 0.15) is 11.3 Å². The lowest BCUT2D eigenvalue weighted by Crippen LogP contribution is -2.26. The van der Waals surface area contributed by atoms with Crippen molar-refractivity contribution in [3.05, 3.63) is 39.7 Å². The van der Waals surface area contributed by atoms with E-state index in [0.717, 1.165) is 10.9 Å². The quantitative estimate of drug-likeness (QED) is 0.448. The summed E-state index contributed by atoms with van der Waals surface area (Å²) in [6.07, 6.45) is 0.302. The number of hydrogen-bond donors (Lipinski definition) is 0. The van der Waals surface area contributed by atoms with E-state index in [1.165, 1.54) is 12.1 Å². The Bertz CT molecular complexity index is 915. The van der Waals surface area contributed by atoms with E-state index in [1.807, 2.05) is 0 Å².